The van der Waals surface area contributed by atoms with Crippen LogP contribution in [0.25, 0.3) is 0 Å². The summed E-state index contributed by atoms with van der Waals surface area (Å²) in [6.45, 7) is 0. The van der Waals surface area contributed by atoms with Crippen molar-refractivity contribution in [3.8, 4) is 0 Å². The van der Waals surface area contributed by atoms with Crippen LogP contribution in [0.4, 0.5) is 0 Å². The smallest absolute Gasteiger partial charge is 0.251 e. The summed E-state index contributed by atoms with van der Waals surface area (Å²) < 4.78 is 0. The van der Waals surface area contributed by atoms with Crippen molar-refractivity contribution in [1.29, 1.82) is 0 Å². The summed E-state index contributed by atoms with van der Waals surface area (Å²) in [4.78, 5) is 11.8. The van der Waals surface area contributed by atoms with Crippen molar-refractivity contribution in [3.05, 3.63) is 41.9 Å². The molecule has 1 aliphatic carbocycles. The highest BCUT2D eigenvalue weighted by atomic mass is 16.1. The molecule has 1 radical (unpaired) electrons. The Morgan fingerprint density at radius 3 is 2.33 bits per heavy atom. The van der Waals surface area contributed by atoms with Crippen molar-refractivity contribution < 1.29 is 4.79 Å². The zero-order chi connectivity index (χ0) is 10.5. The first-order valence-electron chi connectivity index (χ1n) is 5.57. The van der Waals surface area contributed by atoms with Gasteiger partial charge in [0.2, 0.25) is 0 Å². The van der Waals surface area contributed by atoms with E-state index in [2.05, 4.69) is 5.32 Å². The van der Waals surface area contributed by atoms with Gasteiger partial charge in [-0.3, -0.25) is 4.79 Å². The second kappa shape index (κ2) is 4.96. The van der Waals surface area contributed by atoms with E-state index in [1.165, 1.54) is 25.3 Å². The maximum atomic E-state index is 11.8. The third-order valence-electron chi connectivity index (χ3n) is 2.78. The minimum atomic E-state index is 0.0347. The van der Waals surface area contributed by atoms with Gasteiger partial charge < -0.3 is 5.32 Å². The van der Waals surface area contributed by atoms with E-state index in [9.17, 15) is 4.79 Å². The van der Waals surface area contributed by atoms with E-state index in [0.29, 0.717) is 0 Å². The fourth-order valence-corrected chi connectivity index (χ4v) is 1.93. The Morgan fingerprint density at radius 2 is 1.67 bits per heavy atom. The van der Waals surface area contributed by atoms with Gasteiger partial charge in [-0.25, -0.2) is 0 Å². The number of rotatable bonds is 2. The monoisotopic (exact) mass is 202 g/mol. The molecule has 2 nitrogen and oxygen atoms in total. The number of carbonyl (C=O) groups is 1. The SMILES string of the molecule is O=C(N[C]1CCCCC1)c1ccccc1. The summed E-state index contributed by atoms with van der Waals surface area (Å²) in [5.41, 5.74) is 0.746. The van der Waals surface area contributed by atoms with Crippen LogP contribution in [-0.4, -0.2) is 5.91 Å². The van der Waals surface area contributed by atoms with Crippen LogP contribution in [0.5, 0.6) is 0 Å². The Balaban J connectivity index is 1.91. The molecule has 79 valence electrons. The second-order valence-corrected chi connectivity index (χ2v) is 3.98. The molecule has 1 aliphatic rings. The highest BCUT2D eigenvalue weighted by Gasteiger charge is 2.16. The molecule has 15 heavy (non-hydrogen) atoms. The summed E-state index contributed by atoms with van der Waals surface area (Å²) in [6, 6.07) is 10.6. The molecule has 1 aromatic rings. The van der Waals surface area contributed by atoms with Crippen molar-refractivity contribution >= 4 is 5.91 Å². The predicted octanol–water partition coefficient (Wildman–Crippen LogP) is 2.91. The molecule has 1 aromatic carbocycles. The summed E-state index contributed by atoms with van der Waals surface area (Å²) in [5.74, 6) is 0.0347. The fourth-order valence-electron chi connectivity index (χ4n) is 1.93. The standard InChI is InChI=1S/C13H16NO/c15-13(11-7-3-1-4-8-11)14-12-9-5-2-6-10-12/h1,3-4,7-8H,2,5-6,9-10H2,(H,14,15). The Hall–Kier alpha value is -1.31. The first kappa shape index (κ1) is 10.2. The van der Waals surface area contributed by atoms with Crippen LogP contribution in [0, 0.1) is 6.04 Å². The van der Waals surface area contributed by atoms with Crippen LogP contribution < -0.4 is 5.32 Å². The van der Waals surface area contributed by atoms with Crippen LogP contribution in [0.3, 0.4) is 0 Å². The van der Waals surface area contributed by atoms with Gasteiger partial charge in [0, 0.05) is 5.56 Å². The highest BCUT2D eigenvalue weighted by molar-refractivity contribution is 5.94. The van der Waals surface area contributed by atoms with Crippen LogP contribution in [0.15, 0.2) is 30.3 Å². The molecule has 0 spiro atoms. The average molecular weight is 202 g/mol. The van der Waals surface area contributed by atoms with E-state index in [4.69, 9.17) is 0 Å². The topological polar surface area (TPSA) is 29.1 Å². The summed E-state index contributed by atoms with van der Waals surface area (Å²) in [7, 11) is 0. The molecule has 1 fully saturated rings. The maximum Gasteiger partial charge on any atom is 0.251 e. The van der Waals surface area contributed by atoms with Gasteiger partial charge in [-0.1, -0.05) is 37.5 Å². The molecule has 0 atom stereocenters. The molecule has 0 saturated heterocycles. The predicted molar refractivity (Wildman–Crippen MR) is 60.2 cm³/mol. The lowest BCUT2D eigenvalue weighted by atomic mass is 9.95. The van der Waals surface area contributed by atoms with Gasteiger partial charge in [0.15, 0.2) is 0 Å². The summed E-state index contributed by atoms with van der Waals surface area (Å²) in [5, 5.41) is 3.01. The van der Waals surface area contributed by atoms with Gasteiger partial charge in [0.25, 0.3) is 5.91 Å². The molecular weight excluding hydrogens is 186 g/mol. The van der Waals surface area contributed by atoms with E-state index < -0.39 is 0 Å². The Morgan fingerprint density at radius 1 is 1.00 bits per heavy atom. The van der Waals surface area contributed by atoms with Crippen LogP contribution in [-0.2, 0) is 0 Å². The minimum absolute atomic E-state index is 0.0347. The fraction of sp³-hybridized carbons (Fsp3) is 0.385. The molecule has 0 bridgehead atoms. The minimum Gasteiger partial charge on any atom is -0.344 e. The van der Waals surface area contributed by atoms with Gasteiger partial charge in [-0.15, -0.1) is 0 Å². The number of hydrogen-bond acceptors (Lipinski definition) is 1. The van der Waals surface area contributed by atoms with Crippen LogP contribution in [0.2, 0.25) is 0 Å². The number of carbonyl (C=O) groups excluding carboxylic acids is 1. The van der Waals surface area contributed by atoms with Gasteiger partial charge in [-0.2, -0.15) is 0 Å². The van der Waals surface area contributed by atoms with Gasteiger partial charge in [-0.05, 0) is 25.0 Å². The average Bonchev–Trinajstić information content (AvgIpc) is 2.31. The molecule has 0 aliphatic heterocycles. The second-order valence-electron chi connectivity index (χ2n) is 3.98. The molecule has 1 N–H and O–H groups in total. The lowest BCUT2D eigenvalue weighted by molar-refractivity contribution is 0.0950. The number of amides is 1. The third kappa shape index (κ3) is 2.82. The lowest BCUT2D eigenvalue weighted by Crippen LogP contribution is -2.29. The number of nitrogens with one attached hydrogen (secondary N) is 1. The maximum absolute atomic E-state index is 11.8. The Bertz CT molecular complexity index is 315. The first-order valence-corrected chi connectivity index (χ1v) is 5.57. The highest BCUT2D eigenvalue weighted by Crippen LogP contribution is 2.23. The first-order chi connectivity index (χ1) is 7.36. The van der Waals surface area contributed by atoms with Crippen molar-refractivity contribution in [3.63, 3.8) is 0 Å². The Labute approximate surface area is 90.7 Å². The van der Waals surface area contributed by atoms with Gasteiger partial charge in [0.05, 0.1) is 6.04 Å². The Kier molecular flexibility index (Phi) is 3.38. The largest absolute Gasteiger partial charge is 0.344 e. The quantitative estimate of drug-likeness (QED) is 0.785. The molecule has 0 aromatic heterocycles. The van der Waals surface area contributed by atoms with E-state index in [-0.39, 0.29) is 5.91 Å². The van der Waals surface area contributed by atoms with E-state index >= 15 is 0 Å². The normalized spacial score (nSPS) is 17.3. The zero-order valence-corrected chi connectivity index (χ0v) is 8.83. The molecule has 2 rings (SSSR count). The van der Waals surface area contributed by atoms with Crippen LogP contribution in [0.1, 0.15) is 42.5 Å². The molecule has 0 heterocycles. The van der Waals surface area contributed by atoms with Gasteiger partial charge in [0.1, 0.15) is 0 Å². The van der Waals surface area contributed by atoms with E-state index in [1.807, 2.05) is 30.3 Å². The zero-order valence-electron chi connectivity index (χ0n) is 8.83. The number of hydrogen-bond donors (Lipinski definition) is 1. The third-order valence-corrected chi connectivity index (χ3v) is 2.78. The van der Waals surface area contributed by atoms with E-state index in [1.54, 1.807) is 0 Å². The molecule has 1 amide bonds. The lowest BCUT2D eigenvalue weighted by Gasteiger charge is -2.21. The van der Waals surface area contributed by atoms with Crippen molar-refractivity contribution in [2.45, 2.75) is 32.1 Å². The molecule has 0 unspecified atom stereocenters. The molecule has 1 saturated carbocycles. The van der Waals surface area contributed by atoms with Crippen LogP contribution >= 0.6 is 0 Å². The molecule has 2 heteroatoms. The van der Waals surface area contributed by atoms with Crippen molar-refractivity contribution in [2.24, 2.45) is 0 Å². The van der Waals surface area contributed by atoms with Crippen molar-refractivity contribution in [1.82, 2.24) is 5.32 Å². The van der Waals surface area contributed by atoms with Crippen molar-refractivity contribution in [2.75, 3.05) is 0 Å². The summed E-state index contributed by atoms with van der Waals surface area (Å²) in [6.07, 6.45) is 5.83. The summed E-state index contributed by atoms with van der Waals surface area (Å²) >= 11 is 0. The molecular formula is C13H16NO. The van der Waals surface area contributed by atoms with Gasteiger partial charge >= 0.3 is 0 Å². The number of benzene rings is 1. The van der Waals surface area contributed by atoms with E-state index in [0.717, 1.165) is 18.4 Å².